The summed E-state index contributed by atoms with van der Waals surface area (Å²) in [5, 5.41) is 6.52. The molecule has 0 bridgehead atoms. The summed E-state index contributed by atoms with van der Waals surface area (Å²) in [7, 11) is 0. The zero-order valence-corrected chi connectivity index (χ0v) is 17.4. The van der Waals surface area contributed by atoms with Gasteiger partial charge in [0.1, 0.15) is 0 Å². The molecule has 1 N–H and O–H groups in total. The van der Waals surface area contributed by atoms with Crippen LogP contribution in [0, 0.1) is 0 Å². The lowest BCUT2D eigenvalue weighted by molar-refractivity contribution is -0.117. The van der Waals surface area contributed by atoms with Crippen LogP contribution in [0.2, 0.25) is 0 Å². The third-order valence-electron chi connectivity index (χ3n) is 5.34. The summed E-state index contributed by atoms with van der Waals surface area (Å²) in [4.78, 5) is 28.5. The number of nitrogens with zero attached hydrogens (tertiary/aromatic N) is 2. The van der Waals surface area contributed by atoms with Crippen LogP contribution in [0.15, 0.2) is 53.9 Å². The lowest BCUT2D eigenvalue weighted by Crippen LogP contribution is -2.48. The minimum absolute atomic E-state index is 0.00405. The first-order valence-corrected chi connectivity index (χ1v) is 10.8. The second-order valence-corrected chi connectivity index (χ2v) is 8.41. The van der Waals surface area contributed by atoms with E-state index in [1.807, 2.05) is 6.07 Å². The van der Waals surface area contributed by atoms with Gasteiger partial charge in [0.15, 0.2) is 5.78 Å². The zero-order valence-electron chi connectivity index (χ0n) is 16.6. The molecule has 6 heteroatoms. The first-order chi connectivity index (χ1) is 14.1. The van der Waals surface area contributed by atoms with E-state index in [0.29, 0.717) is 17.8 Å². The molecule has 0 saturated carbocycles. The van der Waals surface area contributed by atoms with E-state index in [9.17, 15) is 9.59 Å². The fourth-order valence-corrected chi connectivity index (χ4v) is 4.68. The Morgan fingerprint density at radius 1 is 1.00 bits per heavy atom. The minimum atomic E-state index is -0.0389. The predicted molar refractivity (Wildman–Crippen MR) is 119 cm³/mol. The normalized spacial score (nSPS) is 15.5. The number of hydrogen-bond donors (Lipinski definition) is 1. The van der Waals surface area contributed by atoms with Crippen LogP contribution in [0.1, 0.15) is 22.8 Å². The Labute approximate surface area is 174 Å². The highest BCUT2D eigenvalue weighted by atomic mass is 32.1. The molecule has 2 aromatic carbocycles. The summed E-state index contributed by atoms with van der Waals surface area (Å²) in [5.41, 5.74) is 2.67. The number of amides is 1. The average molecular weight is 408 g/mol. The van der Waals surface area contributed by atoms with Crippen LogP contribution in [-0.4, -0.2) is 54.2 Å². The molecular formula is C23H25N3O2S. The first-order valence-electron chi connectivity index (χ1n) is 9.89. The number of thiophene rings is 1. The molecule has 5 nitrogen and oxygen atoms in total. The minimum Gasteiger partial charge on any atom is -0.325 e. The van der Waals surface area contributed by atoms with Gasteiger partial charge in [-0.2, -0.15) is 0 Å². The van der Waals surface area contributed by atoms with E-state index in [1.54, 1.807) is 29.5 Å². The summed E-state index contributed by atoms with van der Waals surface area (Å²) in [5.74, 6) is -0.0430. The maximum atomic E-state index is 12.4. The number of ketones is 1. The van der Waals surface area contributed by atoms with Crippen molar-refractivity contribution in [3.8, 4) is 0 Å². The Bertz CT molecular complexity index is 1020. The van der Waals surface area contributed by atoms with E-state index in [4.69, 9.17) is 0 Å². The summed E-state index contributed by atoms with van der Waals surface area (Å²) in [6.07, 6.45) is 0. The summed E-state index contributed by atoms with van der Waals surface area (Å²) in [6, 6.07) is 15.6. The molecule has 0 radical (unpaired) electrons. The maximum Gasteiger partial charge on any atom is 0.238 e. The number of Topliss-reactive ketones (excluding diaryl/α,β-unsaturated/α-hetero) is 1. The van der Waals surface area contributed by atoms with E-state index in [0.717, 1.165) is 32.7 Å². The number of carbonyl (C=O) groups excluding carboxylic acids is 2. The largest absolute Gasteiger partial charge is 0.325 e. The topological polar surface area (TPSA) is 52.7 Å². The van der Waals surface area contributed by atoms with Gasteiger partial charge < -0.3 is 5.32 Å². The molecule has 3 aromatic rings. The molecule has 0 unspecified atom stereocenters. The average Bonchev–Trinajstić information content (AvgIpc) is 3.12. The van der Waals surface area contributed by atoms with Crippen LogP contribution >= 0.6 is 11.3 Å². The number of carbonyl (C=O) groups is 2. The quantitative estimate of drug-likeness (QED) is 0.631. The van der Waals surface area contributed by atoms with Gasteiger partial charge in [-0.1, -0.05) is 30.3 Å². The first kappa shape index (κ1) is 19.8. The molecule has 1 saturated heterocycles. The van der Waals surface area contributed by atoms with Gasteiger partial charge in [0.2, 0.25) is 5.91 Å². The zero-order chi connectivity index (χ0) is 20.2. The van der Waals surface area contributed by atoms with Crippen LogP contribution in [0.4, 0.5) is 5.69 Å². The van der Waals surface area contributed by atoms with Crippen molar-refractivity contribution in [2.75, 3.05) is 38.0 Å². The lowest BCUT2D eigenvalue weighted by Gasteiger charge is -2.34. The Morgan fingerprint density at radius 3 is 2.55 bits per heavy atom. The molecule has 0 spiro atoms. The van der Waals surface area contributed by atoms with Crippen molar-refractivity contribution in [3.05, 3.63) is 65.0 Å². The predicted octanol–water partition coefficient (Wildman–Crippen LogP) is 3.86. The van der Waals surface area contributed by atoms with Crippen molar-refractivity contribution < 1.29 is 9.59 Å². The van der Waals surface area contributed by atoms with Gasteiger partial charge in [0, 0.05) is 48.7 Å². The van der Waals surface area contributed by atoms with Crippen LogP contribution in [0.5, 0.6) is 0 Å². The molecule has 1 aliphatic rings. The summed E-state index contributed by atoms with van der Waals surface area (Å²) >= 11 is 1.80. The Hall–Kier alpha value is -2.54. The third-order valence-corrected chi connectivity index (χ3v) is 6.35. The smallest absolute Gasteiger partial charge is 0.238 e. The second-order valence-electron chi connectivity index (χ2n) is 7.49. The molecule has 1 aliphatic heterocycles. The van der Waals surface area contributed by atoms with Gasteiger partial charge in [0.25, 0.3) is 0 Å². The van der Waals surface area contributed by atoms with Crippen LogP contribution < -0.4 is 5.32 Å². The van der Waals surface area contributed by atoms with Crippen LogP contribution in [-0.2, 0) is 11.3 Å². The fourth-order valence-electron chi connectivity index (χ4n) is 3.72. The molecule has 0 aliphatic carbocycles. The van der Waals surface area contributed by atoms with Crippen molar-refractivity contribution in [2.45, 2.75) is 13.5 Å². The number of rotatable bonds is 6. The Balaban J connectivity index is 1.27. The molecule has 1 aromatic heterocycles. The van der Waals surface area contributed by atoms with Crippen LogP contribution in [0.25, 0.3) is 10.1 Å². The van der Waals surface area contributed by atoms with E-state index >= 15 is 0 Å². The Kier molecular flexibility index (Phi) is 6.04. The summed E-state index contributed by atoms with van der Waals surface area (Å²) < 4.78 is 1.34. The SMILES string of the molecule is CC(=O)c1cccc(NC(=O)CN2CCN(Cc3csc4ccccc34)CC2)c1. The van der Waals surface area contributed by atoms with Gasteiger partial charge in [-0.3, -0.25) is 19.4 Å². The number of piperazine rings is 1. The van der Waals surface area contributed by atoms with Gasteiger partial charge in [-0.05, 0) is 41.5 Å². The van der Waals surface area contributed by atoms with Gasteiger partial charge >= 0.3 is 0 Å². The molecule has 2 heterocycles. The van der Waals surface area contributed by atoms with Crippen molar-refractivity contribution >= 4 is 38.8 Å². The molecule has 0 atom stereocenters. The third kappa shape index (κ3) is 4.90. The molecule has 29 heavy (non-hydrogen) atoms. The maximum absolute atomic E-state index is 12.4. The monoisotopic (exact) mass is 407 g/mol. The van der Waals surface area contributed by atoms with E-state index < -0.39 is 0 Å². The van der Waals surface area contributed by atoms with Crippen LogP contribution in [0.3, 0.4) is 0 Å². The van der Waals surface area contributed by atoms with E-state index in [2.05, 4.69) is 44.8 Å². The van der Waals surface area contributed by atoms with E-state index in [-0.39, 0.29) is 11.7 Å². The second kappa shape index (κ2) is 8.86. The van der Waals surface area contributed by atoms with E-state index in [1.165, 1.54) is 22.6 Å². The van der Waals surface area contributed by atoms with Gasteiger partial charge in [-0.15, -0.1) is 11.3 Å². The fraction of sp³-hybridized carbons (Fsp3) is 0.304. The number of fused-ring (bicyclic) bond motifs is 1. The van der Waals surface area contributed by atoms with Crippen molar-refractivity contribution in [1.29, 1.82) is 0 Å². The molecule has 4 rings (SSSR count). The van der Waals surface area contributed by atoms with Gasteiger partial charge in [-0.25, -0.2) is 0 Å². The highest BCUT2D eigenvalue weighted by Crippen LogP contribution is 2.26. The highest BCUT2D eigenvalue weighted by Gasteiger charge is 2.20. The molecular weight excluding hydrogens is 382 g/mol. The molecule has 1 fully saturated rings. The van der Waals surface area contributed by atoms with Gasteiger partial charge in [0.05, 0.1) is 6.54 Å². The molecule has 1 amide bonds. The number of anilines is 1. The van der Waals surface area contributed by atoms with Crippen molar-refractivity contribution in [2.24, 2.45) is 0 Å². The number of hydrogen-bond acceptors (Lipinski definition) is 5. The van der Waals surface area contributed by atoms with Crippen molar-refractivity contribution in [1.82, 2.24) is 9.80 Å². The number of nitrogens with one attached hydrogen (secondary N) is 1. The Morgan fingerprint density at radius 2 is 1.76 bits per heavy atom. The highest BCUT2D eigenvalue weighted by molar-refractivity contribution is 7.17. The number of benzene rings is 2. The lowest BCUT2D eigenvalue weighted by atomic mass is 10.1. The standard InChI is InChI=1S/C23H25N3O2S/c1-17(27)18-5-4-6-20(13-18)24-23(28)15-26-11-9-25(10-12-26)14-19-16-29-22-8-3-2-7-21(19)22/h2-8,13,16H,9-12,14-15H2,1H3,(H,24,28). The summed E-state index contributed by atoms with van der Waals surface area (Å²) in [6.45, 7) is 6.53. The molecule has 150 valence electrons. The van der Waals surface area contributed by atoms with Crippen molar-refractivity contribution in [3.63, 3.8) is 0 Å².